The van der Waals surface area contributed by atoms with Gasteiger partial charge in [0.2, 0.25) is 5.95 Å². The molecule has 0 radical (unpaired) electrons. The van der Waals surface area contributed by atoms with E-state index in [2.05, 4.69) is 70.1 Å². The summed E-state index contributed by atoms with van der Waals surface area (Å²) in [7, 11) is 2.07. The van der Waals surface area contributed by atoms with E-state index < -0.39 is 0 Å². The average molecular weight is 340 g/mol. The lowest BCUT2D eigenvalue weighted by Gasteiger charge is -2.36. The SMILES string of the molecule is CCCCN(C)c1cnnc(N2CCN(c3cccc(C)c3)CC2)n1. The quantitative estimate of drug-likeness (QED) is 0.806. The minimum absolute atomic E-state index is 0.741. The number of nitrogens with zero attached hydrogens (tertiary/aromatic N) is 6. The maximum atomic E-state index is 4.72. The molecule has 6 heteroatoms. The van der Waals surface area contributed by atoms with Crippen LogP contribution in [0.1, 0.15) is 25.3 Å². The van der Waals surface area contributed by atoms with Crippen molar-refractivity contribution >= 4 is 17.5 Å². The third-order valence-electron chi connectivity index (χ3n) is 4.70. The summed E-state index contributed by atoms with van der Waals surface area (Å²) in [4.78, 5) is 11.5. The number of anilines is 3. The summed E-state index contributed by atoms with van der Waals surface area (Å²) >= 11 is 0. The van der Waals surface area contributed by atoms with Crippen LogP contribution in [0, 0.1) is 6.92 Å². The number of hydrogen-bond donors (Lipinski definition) is 0. The van der Waals surface area contributed by atoms with E-state index in [0.29, 0.717) is 0 Å². The normalized spacial score (nSPS) is 14.7. The van der Waals surface area contributed by atoms with E-state index in [4.69, 9.17) is 4.98 Å². The maximum Gasteiger partial charge on any atom is 0.247 e. The molecule has 2 aromatic rings. The van der Waals surface area contributed by atoms with Crippen molar-refractivity contribution in [2.45, 2.75) is 26.7 Å². The van der Waals surface area contributed by atoms with Crippen LogP contribution >= 0.6 is 0 Å². The summed E-state index contributed by atoms with van der Waals surface area (Å²) in [5.41, 5.74) is 2.60. The highest BCUT2D eigenvalue weighted by atomic mass is 15.4. The molecule has 2 heterocycles. The summed E-state index contributed by atoms with van der Waals surface area (Å²) in [6.07, 6.45) is 4.09. The molecular weight excluding hydrogens is 312 g/mol. The summed E-state index contributed by atoms with van der Waals surface area (Å²) in [6.45, 7) is 9.11. The fourth-order valence-corrected chi connectivity index (χ4v) is 3.10. The molecule has 1 aliphatic heterocycles. The van der Waals surface area contributed by atoms with Crippen LogP contribution in [-0.4, -0.2) is 55.0 Å². The zero-order chi connectivity index (χ0) is 17.6. The maximum absolute atomic E-state index is 4.72. The Morgan fingerprint density at radius 3 is 2.60 bits per heavy atom. The molecule has 134 valence electrons. The second-order valence-corrected chi connectivity index (χ2v) is 6.70. The Bertz CT molecular complexity index is 681. The molecule has 0 aliphatic carbocycles. The predicted molar refractivity (Wildman–Crippen MR) is 104 cm³/mol. The van der Waals surface area contributed by atoms with Crippen LogP contribution in [0.4, 0.5) is 17.5 Å². The van der Waals surface area contributed by atoms with Crippen LogP contribution < -0.4 is 14.7 Å². The molecule has 1 aromatic heterocycles. The van der Waals surface area contributed by atoms with Gasteiger partial charge in [-0.2, -0.15) is 10.1 Å². The van der Waals surface area contributed by atoms with E-state index in [0.717, 1.165) is 50.9 Å². The molecule has 3 rings (SSSR count). The second kappa shape index (κ2) is 8.14. The predicted octanol–water partition coefficient (Wildman–Crippen LogP) is 2.74. The van der Waals surface area contributed by atoms with Crippen molar-refractivity contribution in [2.24, 2.45) is 0 Å². The fourth-order valence-electron chi connectivity index (χ4n) is 3.10. The molecule has 25 heavy (non-hydrogen) atoms. The average Bonchev–Trinajstić information content (AvgIpc) is 2.66. The highest BCUT2D eigenvalue weighted by molar-refractivity contribution is 5.50. The van der Waals surface area contributed by atoms with Crippen LogP contribution in [-0.2, 0) is 0 Å². The first-order chi connectivity index (χ1) is 12.2. The van der Waals surface area contributed by atoms with Crippen LogP contribution in [0.2, 0.25) is 0 Å². The molecule has 0 atom stereocenters. The molecule has 6 nitrogen and oxygen atoms in total. The smallest absolute Gasteiger partial charge is 0.247 e. The lowest BCUT2D eigenvalue weighted by molar-refractivity contribution is 0.633. The van der Waals surface area contributed by atoms with E-state index in [9.17, 15) is 0 Å². The molecule has 0 spiro atoms. The van der Waals surface area contributed by atoms with Gasteiger partial charge in [0.15, 0.2) is 5.82 Å². The number of piperazine rings is 1. The molecule has 1 aliphatic rings. The summed E-state index contributed by atoms with van der Waals surface area (Å²) in [6, 6.07) is 8.69. The minimum Gasteiger partial charge on any atom is -0.368 e. The lowest BCUT2D eigenvalue weighted by atomic mass is 10.2. The Morgan fingerprint density at radius 1 is 1.12 bits per heavy atom. The van der Waals surface area contributed by atoms with Crippen LogP contribution in [0.25, 0.3) is 0 Å². The van der Waals surface area contributed by atoms with Gasteiger partial charge < -0.3 is 14.7 Å². The van der Waals surface area contributed by atoms with E-state index in [-0.39, 0.29) is 0 Å². The van der Waals surface area contributed by atoms with Gasteiger partial charge in [0.1, 0.15) is 0 Å². The second-order valence-electron chi connectivity index (χ2n) is 6.70. The molecule has 0 amide bonds. The van der Waals surface area contributed by atoms with Gasteiger partial charge in [0, 0.05) is 45.5 Å². The third-order valence-corrected chi connectivity index (χ3v) is 4.70. The van der Waals surface area contributed by atoms with Crippen LogP contribution in [0.15, 0.2) is 30.5 Å². The Hall–Kier alpha value is -2.37. The Morgan fingerprint density at radius 2 is 1.88 bits per heavy atom. The monoisotopic (exact) mass is 340 g/mol. The standard InChI is InChI=1S/C19H28N6/c1-4-5-9-23(3)18-15-20-22-19(21-18)25-12-10-24(11-13-25)17-8-6-7-16(2)14-17/h6-8,14-15H,4-5,9-13H2,1-3H3. The van der Waals surface area contributed by atoms with Gasteiger partial charge in [0.25, 0.3) is 0 Å². The van der Waals surface area contributed by atoms with Crippen LogP contribution in [0.3, 0.4) is 0 Å². The van der Waals surface area contributed by atoms with Crippen molar-refractivity contribution in [2.75, 3.05) is 54.5 Å². The first kappa shape index (κ1) is 17.5. The first-order valence-corrected chi connectivity index (χ1v) is 9.15. The van der Waals surface area contributed by atoms with Crippen molar-refractivity contribution in [3.05, 3.63) is 36.0 Å². The lowest BCUT2D eigenvalue weighted by Crippen LogP contribution is -2.47. The Kier molecular flexibility index (Phi) is 5.68. The number of aryl methyl sites for hydroxylation is 1. The topological polar surface area (TPSA) is 48.4 Å². The van der Waals surface area contributed by atoms with E-state index in [1.165, 1.54) is 17.7 Å². The number of hydrogen-bond acceptors (Lipinski definition) is 6. The van der Waals surface area contributed by atoms with Crippen molar-refractivity contribution in [3.63, 3.8) is 0 Å². The molecule has 0 saturated carbocycles. The third kappa shape index (κ3) is 4.38. The zero-order valence-electron chi connectivity index (χ0n) is 15.5. The summed E-state index contributed by atoms with van der Waals surface area (Å²) < 4.78 is 0. The van der Waals surface area contributed by atoms with E-state index in [1.54, 1.807) is 6.20 Å². The van der Waals surface area contributed by atoms with Crippen molar-refractivity contribution in [1.82, 2.24) is 15.2 Å². The van der Waals surface area contributed by atoms with Gasteiger partial charge >= 0.3 is 0 Å². The molecular formula is C19H28N6. The van der Waals surface area contributed by atoms with Gasteiger partial charge in [-0.1, -0.05) is 25.5 Å². The molecule has 0 N–H and O–H groups in total. The summed E-state index contributed by atoms with van der Waals surface area (Å²) in [5, 5.41) is 8.43. The first-order valence-electron chi connectivity index (χ1n) is 9.15. The number of unbranched alkanes of at least 4 members (excludes halogenated alkanes) is 1. The molecule has 0 unspecified atom stereocenters. The van der Waals surface area contributed by atoms with Gasteiger partial charge in [-0.15, -0.1) is 5.10 Å². The highest BCUT2D eigenvalue weighted by Crippen LogP contribution is 2.20. The van der Waals surface area contributed by atoms with E-state index in [1.807, 2.05) is 0 Å². The fraction of sp³-hybridized carbons (Fsp3) is 0.526. The zero-order valence-corrected chi connectivity index (χ0v) is 15.5. The van der Waals surface area contributed by atoms with Crippen molar-refractivity contribution in [1.29, 1.82) is 0 Å². The number of rotatable bonds is 6. The van der Waals surface area contributed by atoms with Gasteiger partial charge in [-0.3, -0.25) is 0 Å². The number of aromatic nitrogens is 3. The number of benzene rings is 1. The van der Waals surface area contributed by atoms with Gasteiger partial charge in [0.05, 0.1) is 6.20 Å². The minimum atomic E-state index is 0.741. The molecule has 0 bridgehead atoms. The van der Waals surface area contributed by atoms with Crippen molar-refractivity contribution < 1.29 is 0 Å². The van der Waals surface area contributed by atoms with E-state index >= 15 is 0 Å². The van der Waals surface area contributed by atoms with Crippen LogP contribution in [0.5, 0.6) is 0 Å². The van der Waals surface area contributed by atoms with Crippen molar-refractivity contribution in [3.8, 4) is 0 Å². The van der Waals surface area contributed by atoms with Gasteiger partial charge in [-0.25, -0.2) is 0 Å². The van der Waals surface area contributed by atoms with Gasteiger partial charge in [-0.05, 0) is 31.0 Å². The molecule has 1 saturated heterocycles. The Labute approximate surface area is 150 Å². The highest BCUT2D eigenvalue weighted by Gasteiger charge is 2.20. The summed E-state index contributed by atoms with van der Waals surface area (Å²) in [5.74, 6) is 1.64. The molecule has 1 aromatic carbocycles. The largest absolute Gasteiger partial charge is 0.368 e. The Balaban J connectivity index is 1.63. The molecule has 1 fully saturated rings.